The molecule has 1 fully saturated rings. The lowest BCUT2D eigenvalue weighted by molar-refractivity contribution is 0.252. The van der Waals surface area contributed by atoms with Gasteiger partial charge in [-0.3, -0.25) is 0 Å². The van der Waals surface area contributed by atoms with Crippen LogP contribution in [0.25, 0.3) is 0 Å². The molecule has 1 aromatic heterocycles. The number of rotatable bonds is 2. The fourth-order valence-electron chi connectivity index (χ4n) is 2.35. The van der Waals surface area contributed by atoms with Gasteiger partial charge in [0, 0.05) is 19.3 Å². The van der Waals surface area contributed by atoms with Crippen LogP contribution in [0, 0.1) is 11.3 Å². The van der Waals surface area contributed by atoms with Crippen LogP contribution in [0.2, 0.25) is 5.15 Å². The average Bonchev–Trinajstić information content (AvgIpc) is 2.78. The second-order valence-corrected chi connectivity index (χ2v) is 8.35. The van der Waals surface area contributed by atoms with E-state index < -0.39 is 10.0 Å². The van der Waals surface area contributed by atoms with Gasteiger partial charge in [-0.2, -0.15) is 4.31 Å². The van der Waals surface area contributed by atoms with Crippen LogP contribution in [0.1, 0.15) is 27.2 Å². The summed E-state index contributed by atoms with van der Waals surface area (Å²) in [5.74, 6) is 0.389. The minimum Gasteiger partial charge on any atom is -0.244 e. The SMILES string of the molecule is CC(C)(C)C1CCN(S(=O)(=O)c2ccnc(Cl)c2)C1. The molecule has 19 heavy (non-hydrogen) atoms. The van der Waals surface area contributed by atoms with E-state index in [9.17, 15) is 8.42 Å². The van der Waals surface area contributed by atoms with Gasteiger partial charge in [0.15, 0.2) is 0 Å². The Kier molecular flexibility index (Phi) is 3.91. The topological polar surface area (TPSA) is 50.3 Å². The maximum atomic E-state index is 12.5. The Bertz CT molecular complexity index is 566. The first-order valence-electron chi connectivity index (χ1n) is 6.33. The van der Waals surface area contributed by atoms with Crippen molar-refractivity contribution in [2.24, 2.45) is 11.3 Å². The number of halogens is 1. The summed E-state index contributed by atoms with van der Waals surface area (Å²) >= 11 is 5.76. The summed E-state index contributed by atoms with van der Waals surface area (Å²) in [4.78, 5) is 4.04. The van der Waals surface area contributed by atoms with Crippen molar-refractivity contribution in [2.75, 3.05) is 13.1 Å². The minimum atomic E-state index is -3.45. The molecule has 1 unspecified atom stereocenters. The predicted octanol–water partition coefficient (Wildman–Crippen LogP) is 2.79. The van der Waals surface area contributed by atoms with Crippen LogP contribution < -0.4 is 0 Å². The van der Waals surface area contributed by atoms with Gasteiger partial charge in [0.05, 0.1) is 4.90 Å². The van der Waals surface area contributed by atoms with Crippen LogP contribution in [0.3, 0.4) is 0 Å². The lowest BCUT2D eigenvalue weighted by Crippen LogP contribution is -2.31. The third kappa shape index (κ3) is 3.09. The molecular weight excluding hydrogens is 284 g/mol. The van der Waals surface area contributed by atoms with Crippen LogP contribution in [0.4, 0.5) is 0 Å². The lowest BCUT2D eigenvalue weighted by Gasteiger charge is -2.26. The first-order valence-corrected chi connectivity index (χ1v) is 8.15. The molecule has 1 aliphatic rings. The molecule has 1 saturated heterocycles. The number of pyridine rings is 1. The zero-order chi connectivity index (χ0) is 14.3. The van der Waals surface area contributed by atoms with Crippen molar-refractivity contribution in [2.45, 2.75) is 32.1 Å². The number of hydrogen-bond acceptors (Lipinski definition) is 3. The fraction of sp³-hybridized carbons (Fsp3) is 0.615. The van der Waals surface area contributed by atoms with Gasteiger partial charge in [-0.05, 0) is 29.9 Å². The van der Waals surface area contributed by atoms with Crippen molar-refractivity contribution in [3.8, 4) is 0 Å². The van der Waals surface area contributed by atoms with Crippen molar-refractivity contribution in [3.05, 3.63) is 23.5 Å². The van der Waals surface area contributed by atoms with Gasteiger partial charge >= 0.3 is 0 Å². The smallest absolute Gasteiger partial charge is 0.243 e. The molecule has 0 N–H and O–H groups in total. The molecule has 1 aliphatic heterocycles. The molecule has 6 heteroatoms. The molecule has 2 heterocycles. The molecular formula is C13H19ClN2O2S. The van der Waals surface area contributed by atoms with Gasteiger partial charge in [0.2, 0.25) is 10.0 Å². The van der Waals surface area contributed by atoms with Gasteiger partial charge in [0.1, 0.15) is 5.15 Å². The molecule has 0 aromatic carbocycles. The van der Waals surface area contributed by atoms with E-state index in [4.69, 9.17) is 11.6 Å². The van der Waals surface area contributed by atoms with Gasteiger partial charge in [-0.15, -0.1) is 0 Å². The molecule has 1 atom stereocenters. The maximum Gasteiger partial charge on any atom is 0.243 e. The molecule has 0 aliphatic carbocycles. The highest BCUT2D eigenvalue weighted by Crippen LogP contribution is 2.35. The first-order chi connectivity index (χ1) is 8.71. The standard InChI is InChI=1S/C13H19ClN2O2S/c1-13(2,3)10-5-7-16(9-10)19(17,18)11-4-6-15-12(14)8-11/h4,6,8,10H,5,7,9H2,1-3H3. The maximum absolute atomic E-state index is 12.5. The largest absolute Gasteiger partial charge is 0.244 e. The number of aromatic nitrogens is 1. The minimum absolute atomic E-state index is 0.125. The highest BCUT2D eigenvalue weighted by Gasteiger charge is 2.37. The van der Waals surface area contributed by atoms with Crippen molar-refractivity contribution in [1.82, 2.24) is 9.29 Å². The Morgan fingerprint density at radius 2 is 2.11 bits per heavy atom. The zero-order valence-corrected chi connectivity index (χ0v) is 13.0. The summed E-state index contributed by atoms with van der Waals surface area (Å²) in [6.45, 7) is 7.60. The van der Waals surface area contributed by atoms with Gasteiger partial charge in [-0.25, -0.2) is 13.4 Å². The average molecular weight is 303 g/mol. The highest BCUT2D eigenvalue weighted by atomic mass is 35.5. The molecule has 1 aromatic rings. The molecule has 0 bridgehead atoms. The van der Waals surface area contributed by atoms with E-state index in [0.29, 0.717) is 19.0 Å². The molecule has 106 valence electrons. The predicted molar refractivity (Wildman–Crippen MR) is 75.6 cm³/mol. The summed E-state index contributed by atoms with van der Waals surface area (Å²) < 4.78 is 26.5. The number of sulfonamides is 1. The molecule has 0 spiro atoms. The summed E-state index contributed by atoms with van der Waals surface area (Å²) in [5, 5.41) is 0.202. The molecule has 0 radical (unpaired) electrons. The fourth-order valence-corrected chi connectivity index (χ4v) is 4.10. The van der Waals surface area contributed by atoms with E-state index in [-0.39, 0.29) is 15.5 Å². The number of nitrogens with zero attached hydrogens (tertiary/aromatic N) is 2. The molecule has 2 rings (SSSR count). The Morgan fingerprint density at radius 1 is 1.42 bits per heavy atom. The van der Waals surface area contributed by atoms with E-state index in [1.54, 1.807) is 4.31 Å². The van der Waals surface area contributed by atoms with E-state index in [0.717, 1.165) is 6.42 Å². The summed E-state index contributed by atoms with van der Waals surface area (Å²) in [6.07, 6.45) is 2.33. The van der Waals surface area contributed by atoms with Crippen LogP contribution in [-0.2, 0) is 10.0 Å². The molecule has 4 nitrogen and oxygen atoms in total. The van der Waals surface area contributed by atoms with Crippen LogP contribution in [0.5, 0.6) is 0 Å². The van der Waals surface area contributed by atoms with Crippen molar-refractivity contribution in [1.29, 1.82) is 0 Å². The monoisotopic (exact) mass is 302 g/mol. The second kappa shape index (κ2) is 5.04. The van der Waals surface area contributed by atoms with Crippen LogP contribution in [-0.4, -0.2) is 30.8 Å². The van der Waals surface area contributed by atoms with Crippen molar-refractivity contribution >= 4 is 21.6 Å². The first kappa shape index (κ1) is 14.8. The van der Waals surface area contributed by atoms with Gasteiger partial charge in [0.25, 0.3) is 0 Å². The summed E-state index contributed by atoms with van der Waals surface area (Å²) in [5.41, 5.74) is 0.125. The summed E-state index contributed by atoms with van der Waals surface area (Å²) in [6, 6.07) is 2.90. The lowest BCUT2D eigenvalue weighted by atomic mass is 9.80. The van der Waals surface area contributed by atoms with Crippen LogP contribution in [0.15, 0.2) is 23.2 Å². The zero-order valence-electron chi connectivity index (χ0n) is 11.4. The van der Waals surface area contributed by atoms with E-state index in [1.807, 2.05) is 0 Å². The van der Waals surface area contributed by atoms with Crippen LogP contribution >= 0.6 is 11.6 Å². The van der Waals surface area contributed by atoms with Crippen molar-refractivity contribution < 1.29 is 8.42 Å². The van der Waals surface area contributed by atoms with Gasteiger partial charge in [-0.1, -0.05) is 32.4 Å². The third-order valence-electron chi connectivity index (χ3n) is 3.71. The van der Waals surface area contributed by atoms with Gasteiger partial charge < -0.3 is 0 Å². The Labute approximate surface area is 119 Å². The number of hydrogen-bond donors (Lipinski definition) is 0. The Hall–Kier alpha value is -0.650. The third-order valence-corrected chi connectivity index (χ3v) is 5.78. The van der Waals surface area contributed by atoms with E-state index >= 15 is 0 Å². The van der Waals surface area contributed by atoms with E-state index in [2.05, 4.69) is 25.8 Å². The quantitative estimate of drug-likeness (QED) is 0.789. The Morgan fingerprint density at radius 3 is 2.63 bits per heavy atom. The van der Waals surface area contributed by atoms with Crippen molar-refractivity contribution in [3.63, 3.8) is 0 Å². The second-order valence-electron chi connectivity index (χ2n) is 6.03. The molecule has 0 amide bonds. The Balaban J connectivity index is 2.23. The highest BCUT2D eigenvalue weighted by molar-refractivity contribution is 7.89. The van der Waals surface area contributed by atoms with E-state index in [1.165, 1.54) is 18.3 Å². The normalized spacial score (nSPS) is 21.8. The molecule has 0 saturated carbocycles. The summed E-state index contributed by atoms with van der Waals surface area (Å²) in [7, 11) is -3.45.